The fourth-order valence-electron chi connectivity index (χ4n) is 3.01. The van der Waals surface area contributed by atoms with Crippen molar-refractivity contribution in [3.63, 3.8) is 0 Å². The molecule has 0 bridgehead atoms. The number of carbonyl (C=O) groups is 2. The molecule has 1 aliphatic rings. The van der Waals surface area contributed by atoms with Crippen molar-refractivity contribution in [2.24, 2.45) is 0 Å². The molecule has 7 heteroatoms. The number of benzene rings is 1. The first-order chi connectivity index (χ1) is 11.6. The van der Waals surface area contributed by atoms with Crippen LogP contribution in [0.15, 0.2) is 18.2 Å². The molecule has 1 atom stereocenters. The topological polar surface area (TPSA) is 58.6 Å². The van der Waals surface area contributed by atoms with Crippen LogP contribution in [0.3, 0.4) is 0 Å². The molecule has 1 fully saturated rings. The average Bonchev–Trinajstić information content (AvgIpc) is 3.11. The van der Waals surface area contributed by atoms with Crippen LogP contribution in [0, 0.1) is 5.82 Å². The van der Waals surface area contributed by atoms with Gasteiger partial charge < -0.3 is 15.0 Å². The number of carbonyl (C=O) groups excluding carboxylic acids is 2. The van der Waals surface area contributed by atoms with Crippen LogP contribution in [-0.4, -0.2) is 49.4 Å². The number of nitrogens with one attached hydrogen (secondary N) is 1. The van der Waals surface area contributed by atoms with Gasteiger partial charge in [-0.3, -0.25) is 9.59 Å². The average molecular weight is 373 g/mol. The van der Waals surface area contributed by atoms with E-state index in [0.29, 0.717) is 6.54 Å². The molecular weight excluding hydrogens is 347 g/mol. The summed E-state index contributed by atoms with van der Waals surface area (Å²) in [5, 5.41) is 3.26. The molecule has 2 rings (SSSR count). The number of hydrogen-bond acceptors (Lipinski definition) is 4. The van der Waals surface area contributed by atoms with Crippen LogP contribution in [0.1, 0.15) is 43.0 Å². The highest BCUT2D eigenvalue weighted by molar-refractivity contribution is 5.98. The van der Waals surface area contributed by atoms with Gasteiger partial charge in [-0.05, 0) is 37.6 Å². The lowest BCUT2D eigenvalue weighted by Crippen LogP contribution is -2.42. The normalized spacial score (nSPS) is 16.2. The van der Waals surface area contributed by atoms with Gasteiger partial charge in [-0.1, -0.05) is 6.92 Å². The summed E-state index contributed by atoms with van der Waals surface area (Å²) in [6, 6.07) is 4.33. The molecule has 0 saturated carbocycles. The second-order valence-electron chi connectivity index (χ2n) is 6.01. The summed E-state index contributed by atoms with van der Waals surface area (Å²) in [6.45, 7) is 4.47. The van der Waals surface area contributed by atoms with Crippen LogP contribution in [0.2, 0.25) is 0 Å². The fourth-order valence-corrected chi connectivity index (χ4v) is 3.01. The van der Waals surface area contributed by atoms with Crippen LogP contribution in [0.5, 0.6) is 5.75 Å². The molecule has 0 radical (unpaired) electrons. The molecular formula is C18H26ClFN2O3. The number of rotatable bonds is 8. The van der Waals surface area contributed by atoms with E-state index in [1.807, 2.05) is 11.8 Å². The highest BCUT2D eigenvalue weighted by atomic mass is 35.5. The van der Waals surface area contributed by atoms with Crippen molar-refractivity contribution < 1.29 is 18.7 Å². The molecule has 1 unspecified atom stereocenters. The van der Waals surface area contributed by atoms with E-state index in [-0.39, 0.29) is 54.3 Å². The molecule has 1 aromatic rings. The molecule has 1 aliphatic heterocycles. The molecule has 1 aromatic carbocycles. The second kappa shape index (κ2) is 10.4. The predicted molar refractivity (Wildman–Crippen MR) is 97.0 cm³/mol. The number of methoxy groups -OCH3 is 1. The third-order valence-electron chi connectivity index (χ3n) is 4.30. The van der Waals surface area contributed by atoms with E-state index < -0.39 is 5.82 Å². The smallest absolute Gasteiger partial charge is 0.223 e. The summed E-state index contributed by atoms with van der Waals surface area (Å²) >= 11 is 0. The van der Waals surface area contributed by atoms with E-state index in [2.05, 4.69) is 5.32 Å². The number of hydrogen-bond donors (Lipinski definition) is 1. The lowest BCUT2D eigenvalue weighted by Gasteiger charge is -2.28. The van der Waals surface area contributed by atoms with E-state index in [4.69, 9.17) is 4.74 Å². The Balaban J connectivity index is 0.00000312. The third-order valence-corrected chi connectivity index (χ3v) is 4.30. The van der Waals surface area contributed by atoms with Crippen LogP contribution in [0.25, 0.3) is 0 Å². The summed E-state index contributed by atoms with van der Waals surface area (Å²) < 4.78 is 18.5. The molecule has 1 saturated heterocycles. The van der Waals surface area contributed by atoms with Gasteiger partial charge >= 0.3 is 0 Å². The molecule has 1 N–H and O–H groups in total. The number of ether oxygens (including phenoxy) is 1. The molecule has 0 aliphatic carbocycles. The van der Waals surface area contributed by atoms with E-state index >= 15 is 0 Å². The number of Topliss-reactive ketones (excluding diaryl/α,β-unsaturated/α-hetero) is 1. The maximum absolute atomic E-state index is 13.7. The van der Waals surface area contributed by atoms with Crippen LogP contribution >= 0.6 is 12.4 Å². The summed E-state index contributed by atoms with van der Waals surface area (Å²) in [5.41, 5.74) is 0.269. The van der Waals surface area contributed by atoms with Crippen molar-refractivity contribution >= 4 is 24.1 Å². The Bertz CT molecular complexity index is 592. The standard InChI is InChI=1S/C18H25FN2O3.ClH/c1-3-10-21(14-8-9-20-12-14)18(23)7-5-16(22)13-4-6-17(24-2)15(19)11-13;/h4,6,11,14,20H,3,5,7-10,12H2,1-2H3;1H. The zero-order chi connectivity index (χ0) is 17.5. The van der Waals surface area contributed by atoms with Gasteiger partial charge in [0, 0.05) is 37.5 Å². The predicted octanol–water partition coefficient (Wildman–Crippen LogP) is 2.82. The summed E-state index contributed by atoms with van der Waals surface area (Å²) in [4.78, 5) is 26.6. The minimum atomic E-state index is -0.570. The van der Waals surface area contributed by atoms with Gasteiger partial charge in [0.1, 0.15) is 0 Å². The first kappa shape index (κ1) is 21.4. The number of nitrogens with zero attached hydrogens (tertiary/aromatic N) is 1. The first-order valence-corrected chi connectivity index (χ1v) is 8.43. The SMILES string of the molecule is CCCN(C(=O)CCC(=O)c1ccc(OC)c(F)c1)C1CCNC1.Cl. The number of halogens is 2. The van der Waals surface area contributed by atoms with Crippen molar-refractivity contribution in [2.75, 3.05) is 26.7 Å². The molecule has 25 heavy (non-hydrogen) atoms. The highest BCUT2D eigenvalue weighted by Crippen LogP contribution is 2.19. The number of ketones is 1. The van der Waals surface area contributed by atoms with Gasteiger partial charge in [0.2, 0.25) is 5.91 Å². The Hall–Kier alpha value is -1.66. The van der Waals surface area contributed by atoms with E-state index in [9.17, 15) is 14.0 Å². The summed E-state index contributed by atoms with van der Waals surface area (Å²) in [7, 11) is 1.37. The Kier molecular flexibility index (Phi) is 8.86. The van der Waals surface area contributed by atoms with E-state index in [1.54, 1.807) is 0 Å². The Labute approximate surface area is 154 Å². The van der Waals surface area contributed by atoms with E-state index in [1.165, 1.54) is 19.2 Å². The minimum absolute atomic E-state index is 0. The third kappa shape index (κ3) is 5.68. The second-order valence-corrected chi connectivity index (χ2v) is 6.01. The van der Waals surface area contributed by atoms with Crippen LogP contribution in [0.4, 0.5) is 4.39 Å². The molecule has 5 nitrogen and oxygen atoms in total. The Morgan fingerprint density at radius 1 is 1.36 bits per heavy atom. The zero-order valence-electron chi connectivity index (χ0n) is 14.7. The van der Waals surface area contributed by atoms with Crippen molar-refractivity contribution in [1.82, 2.24) is 10.2 Å². The zero-order valence-corrected chi connectivity index (χ0v) is 15.5. The van der Waals surface area contributed by atoms with Crippen molar-refractivity contribution in [2.45, 2.75) is 38.6 Å². The van der Waals surface area contributed by atoms with Crippen molar-refractivity contribution in [3.05, 3.63) is 29.6 Å². The number of amides is 1. The van der Waals surface area contributed by atoms with Crippen molar-refractivity contribution in [3.8, 4) is 5.75 Å². The first-order valence-electron chi connectivity index (χ1n) is 8.43. The minimum Gasteiger partial charge on any atom is -0.494 e. The van der Waals surface area contributed by atoms with Gasteiger partial charge in [0.15, 0.2) is 17.3 Å². The van der Waals surface area contributed by atoms with Gasteiger partial charge in [-0.2, -0.15) is 0 Å². The van der Waals surface area contributed by atoms with Crippen molar-refractivity contribution in [1.29, 1.82) is 0 Å². The van der Waals surface area contributed by atoms with E-state index in [0.717, 1.165) is 32.0 Å². The monoisotopic (exact) mass is 372 g/mol. The molecule has 0 spiro atoms. The van der Waals surface area contributed by atoms with Crippen LogP contribution in [-0.2, 0) is 4.79 Å². The molecule has 1 heterocycles. The van der Waals surface area contributed by atoms with Gasteiger partial charge in [-0.15, -0.1) is 12.4 Å². The van der Waals surface area contributed by atoms with Gasteiger partial charge in [0.05, 0.1) is 7.11 Å². The maximum atomic E-state index is 13.7. The maximum Gasteiger partial charge on any atom is 0.223 e. The lowest BCUT2D eigenvalue weighted by molar-refractivity contribution is -0.133. The Morgan fingerprint density at radius 3 is 2.68 bits per heavy atom. The summed E-state index contributed by atoms with van der Waals surface area (Å²) in [6.07, 6.45) is 2.08. The van der Waals surface area contributed by atoms with Gasteiger partial charge in [-0.25, -0.2) is 4.39 Å². The molecule has 0 aromatic heterocycles. The Morgan fingerprint density at radius 2 is 2.12 bits per heavy atom. The molecule has 1 amide bonds. The highest BCUT2D eigenvalue weighted by Gasteiger charge is 2.26. The molecule has 140 valence electrons. The summed E-state index contributed by atoms with van der Waals surface area (Å²) in [5.74, 6) is -0.705. The fraction of sp³-hybridized carbons (Fsp3) is 0.556. The van der Waals surface area contributed by atoms with Gasteiger partial charge in [0.25, 0.3) is 0 Å². The lowest BCUT2D eigenvalue weighted by atomic mass is 10.0. The van der Waals surface area contributed by atoms with Crippen LogP contribution < -0.4 is 10.1 Å². The quantitative estimate of drug-likeness (QED) is 0.713. The largest absolute Gasteiger partial charge is 0.494 e.